The van der Waals surface area contributed by atoms with Crippen molar-refractivity contribution in [2.45, 2.75) is 26.3 Å². The van der Waals surface area contributed by atoms with E-state index >= 15 is 0 Å². The van der Waals surface area contributed by atoms with E-state index in [-0.39, 0.29) is 4.47 Å². The molecular formula is C17H18BrF2N. The maximum Gasteiger partial charge on any atom is 0.173 e. The number of hydrogen-bond donors (Lipinski definition) is 1. The predicted octanol–water partition coefficient (Wildman–Crippen LogP) is 4.97. The van der Waals surface area contributed by atoms with Gasteiger partial charge >= 0.3 is 0 Å². The molecule has 0 spiro atoms. The van der Waals surface area contributed by atoms with Gasteiger partial charge in [0.25, 0.3) is 0 Å². The monoisotopic (exact) mass is 353 g/mol. The third kappa shape index (κ3) is 3.69. The first kappa shape index (κ1) is 16.1. The third-order valence-electron chi connectivity index (χ3n) is 3.35. The molecule has 2 N–H and O–H groups in total. The van der Waals surface area contributed by atoms with E-state index in [1.165, 1.54) is 11.6 Å². The van der Waals surface area contributed by atoms with Gasteiger partial charge in [-0.2, -0.15) is 0 Å². The maximum absolute atomic E-state index is 13.6. The lowest BCUT2D eigenvalue weighted by molar-refractivity contribution is 0.501. The average molecular weight is 354 g/mol. The minimum Gasteiger partial charge on any atom is -0.320 e. The first-order valence-corrected chi connectivity index (χ1v) is 7.67. The molecule has 0 fully saturated rings. The summed E-state index contributed by atoms with van der Waals surface area (Å²) in [7, 11) is 0. The number of hydrogen-bond acceptors (Lipinski definition) is 1. The third-order valence-corrected chi connectivity index (χ3v) is 4.16. The van der Waals surface area contributed by atoms with Crippen molar-refractivity contribution in [3.8, 4) is 0 Å². The van der Waals surface area contributed by atoms with Gasteiger partial charge in [-0.05, 0) is 51.0 Å². The van der Waals surface area contributed by atoms with Crippen LogP contribution in [0.15, 0.2) is 40.9 Å². The molecule has 0 bridgehead atoms. The Balaban J connectivity index is 2.36. The van der Waals surface area contributed by atoms with E-state index in [1.807, 2.05) is 18.2 Å². The van der Waals surface area contributed by atoms with Crippen LogP contribution in [0.25, 0.3) is 0 Å². The Morgan fingerprint density at radius 1 is 1.14 bits per heavy atom. The van der Waals surface area contributed by atoms with Gasteiger partial charge in [-0.15, -0.1) is 0 Å². The molecule has 2 aromatic rings. The highest BCUT2D eigenvalue weighted by Gasteiger charge is 2.18. The number of nitrogens with two attached hydrogens (primary N) is 1. The molecule has 1 unspecified atom stereocenters. The molecule has 0 aliphatic rings. The summed E-state index contributed by atoms with van der Waals surface area (Å²) >= 11 is 3.09. The van der Waals surface area contributed by atoms with E-state index < -0.39 is 17.7 Å². The summed E-state index contributed by atoms with van der Waals surface area (Å²) in [6.45, 7) is 4.30. The summed E-state index contributed by atoms with van der Waals surface area (Å²) in [5.41, 5.74) is 8.83. The number of halogens is 3. The minimum atomic E-state index is -0.902. The normalized spacial score (nSPS) is 12.7. The Labute approximate surface area is 132 Å². The van der Waals surface area contributed by atoms with Crippen molar-refractivity contribution in [3.05, 3.63) is 69.2 Å². The van der Waals surface area contributed by atoms with Gasteiger partial charge in [0.15, 0.2) is 11.6 Å². The van der Waals surface area contributed by atoms with Crippen LogP contribution in [-0.4, -0.2) is 0 Å². The lowest BCUT2D eigenvalue weighted by Crippen LogP contribution is -2.14. The van der Waals surface area contributed by atoms with Gasteiger partial charge < -0.3 is 5.73 Å². The fourth-order valence-electron chi connectivity index (χ4n) is 2.35. The first-order chi connectivity index (χ1) is 9.90. The largest absolute Gasteiger partial charge is 0.320 e. The maximum atomic E-state index is 13.6. The molecule has 1 atom stereocenters. The van der Waals surface area contributed by atoms with Crippen LogP contribution in [0.4, 0.5) is 8.78 Å². The standard InChI is InChI=1S/C17H18BrF2N/c1-10(2)8-11-4-3-5-12(9-11)17(21)13-6-7-14(19)16(20)15(13)18/h3-7,9-10,17H,8,21H2,1-2H3. The molecule has 2 aromatic carbocycles. The van der Waals surface area contributed by atoms with E-state index in [1.54, 1.807) is 0 Å². The highest BCUT2D eigenvalue weighted by molar-refractivity contribution is 9.10. The molecule has 0 aliphatic heterocycles. The van der Waals surface area contributed by atoms with Gasteiger partial charge in [-0.3, -0.25) is 0 Å². The van der Waals surface area contributed by atoms with Crippen molar-refractivity contribution in [3.63, 3.8) is 0 Å². The number of rotatable bonds is 4. The Morgan fingerprint density at radius 2 is 1.86 bits per heavy atom. The van der Waals surface area contributed by atoms with Gasteiger partial charge in [-0.25, -0.2) is 8.78 Å². The topological polar surface area (TPSA) is 26.0 Å². The summed E-state index contributed by atoms with van der Waals surface area (Å²) in [6.07, 6.45) is 0.958. The summed E-state index contributed by atoms with van der Waals surface area (Å²) in [4.78, 5) is 0. The zero-order chi connectivity index (χ0) is 15.6. The second kappa shape index (κ2) is 6.67. The second-order valence-corrected chi connectivity index (χ2v) is 6.38. The van der Waals surface area contributed by atoms with Crippen molar-refractivity contribution < 1.29 is 8.78 Å². The molecule has 0 aromatic heterocycles. The molecule has 112 valence electrons. The van der Waals surface area contributed by atoms with Crippen LogP contribution >= 0.6 is 15.9 Å². The summed E-state index contributed by atoms with van der Waals surface area (Å²) in [5, 5.41) is 0. The molecule has 2 rings (SSSR count). The van der Waals surface area contributed by atoms with Crippen LogP contribution in [0.5, 0.6) is 0 Å². The first-order valence-electron chi connectivity index (χ1n) is 6.88. The molecule has 0 amide bonds. The summed E-state index contributed by atoms with van der Waals surface area (Å²) < 4.78 is 26.9. The smallest absolute Gasteiger partial charge is 0.173 e. The zero-order valence-corrected chi connectivity index (χ0v) is 13.6. The van der Waals surface area contributed by atoms with Crippen molar-refractivity contribution in [2.24, 2.45) is 11.7 Å². The fourth-order valence-corrected chi connectivity index (χ4v) is 2.91. The van der Waals surface area contributed by atoms with E-state index in [0.717, 1.165) is 18.1 Å². The van der Waals surface area contributed by atoms with Crippen LogP contribution in [0.3, 0.4) is 0 Å². The SMILES string of the molecule is CC(C)Cc1cccc(C(N)c2ccc(F)c(F)c2Br)c1. The van der Waals surface area contributed by atoms with Crippen molar-refractivity contribution in [2.75, 3.05) is 0 Å². The molecular weight excluding hydrogens is 336 g/mol. The van der Waals surface area contributed by atoms with Gasteiger partial charge in [0.1, 0.15) is 0 Å². The molecule has 0 saturated carbocycles. The van der Waals surface area contributed by atoms with Crippen LogP contribution < -0.4 is 5.73 Å². The van der Waals surface area contributed by atoms with Gasteiger partial charge in [0.05, 0.1) is 10.5 Å². The lowest BCUT2D eigenvalue weighted by atomic mass is 9.95. The van der Waals surface area contributed by atoms with E-state index in [0.29, 0.717) is 11.5 Å². The van der Waals surface area contributed by atoms with Crippen molar-refractivity contribution in [1.82, 2.24) is 0 Å². The Morgan fingerprint density at radius 3 is 2.52 bits per heavy atom. The summed E-state index contributed by atoms with van der Waals surface area (Å²) in [5.74, 6) is -1.24. The molecule has 0 heterocycles. The predicted molar refractivity (Wildman–Crippen MR) is 85.1 cm³/mol. The molecule has 21 heavy (non-hydrogen) atoms. The molecule has 0 radical (unpaired) electrons. The molecule has 1 nitrogen and oxygen atoms in total. The van der Waals surface area contributed by atoms with Gasteiger partial charge in [-0.1, -0.05) is 44.2 Å². The van der Waals surface area contributed by atoms with Gasteiger partial charge in [0, 0.05) is 0 Å². The van der Waals surface area contributed by atoms with Crippen LogP contribution in [-0.2, 0) is 6.42 Å². The van der Waals surface area contributed by atoms with E-state index in [2.05, 4.69) is 35.8 Å². The van der Waals surface area contributed by atoms with Crippen LogP contribution in [0.1, 0.15) is 36.6 Å². The summed E-state index contributed by atoms with van der Waals surface area (Å²) in [6, 6.07) is 10.1. The molecule has 0 aliphatic carbocycles. The van der Waals surface area contributed by atoms with E-state index in [4.69, 9.17) is 5.73 Å². The Hall–Kier alpha value is -1.26. The lowest BCUT2D eigenvalue weighted by Gasteiger charge is -2.16. The number of benzene rings is 2. The quantitative estimate of drug-likeness (QED) is 0.771. The Kier molecular flexibility index (Phi) is 5.12. The Bertz CT molecular complexity index is 641. The second-order valence-electron chi connectivity index (χ2n) is 5.59. The highest BCUT2D eigenvalue weighted by Crippen LogP contribution is 2.30. The molecule has 0 saturated heterocycles. The van der Waals surface area contributed by atoms with Crippen LogP contribution in [0, 0.1) is 17.6 Å². The fraction of sp³-hybridized carbons (Fsp3) is 0.294. The van der Waals surface area contributed by atoms with Crippen molar-refractivity contribution in [1.29, 1.82) is 0 Å². The zero-order valence-electron chi connectivity index (χ0n) is 12.0. The average Bonchev–Trinajstić information content (AvgIpc) is 2.44. The van der Waals surface area contributed by atoms with E-state index in [9.17, 15) is 8.78 Å². The van der Waals surface area contributed by atoms with Crippen molar-refractivity contribution >= 4 is 15.9 Å². The van der Waals surface area contributed by atoms with Gasteiger partial charge in [0.2, 0.25) is 0 Å². The molecule has 4 heteroatoms. The highest BCUT2D eigenvalue weighted by atomic mass is 79.9. The van der Waals surface area contributed by atoms with Crippen LogP contribution in [0.2, 0.25) is 0 Å². The minimum absolute atomic E-state index is 0.0873.